The molecule has 1 fully saturated rings. The van der Waals surface area contributed by atoms with Crippen LogP contribution in [0.25, 0.3) is 0 Å². The lowest BCUT2D eigenvalue weighted by Gasteiger charge is -2.37. The van der Waals surface area contributed by atoms with E-state index in [1.165, 1.54) is 0 Å². The number of unbranched alkanes of at least 4 members (excludes halogenated alkanes) is 1. The van der Waals surface area contributed by atoms with Gasteiger partial charge in [-0.25, -0.2) is 9.59 Å². The smallest absolute Gasteiger partial charge is 0.407 e. The third-order valence-electron chi connectivity index (χ3n) is 9.94. The minimum absolute atomic E-state index is 0.00735. The van der Waals surface area contributed by atoms with Gasteiger partial charge in [-0.15, -0.1) is 0 Å². The summed E-state index contributed by atoms with van der Waals surface area (Å²) in [4.78, 5) is 62.2. The second kappa shape index (κ2) is 23.3. The van der Waals surface area contributed by atoms with E-state index in [1.807, 2.05) is 48.5 Å². The lowest BCUT2D eigenvalue weighted by atomic mass is 10.0. The van der Waals surface area contributed by atoms with Crippen LogP contribution in [0.2, 0.25) is 0 Å². The number of alkyl carbamates (subject to hydrolysis) is 1. The Bertz CT molecular complexity index is 2020. The molecule has 5 N–H and O–H groups in total. The van der Waals surface area contributed by atoms with E-state index < -0.39 is 30.1 Å². The van der Waals surface area contributed by atoms with E-state index in [0.717, 1.165) is 16.8 Å². The van der Waals surface area contributed by atoms with Crippen molar-refractivity contribution in [3.63, 3.8) is 0 Å². The summed E-state index contributed by atoms with van der Waals surface area (Å²) < 4.78 is 16.9. The van der Waals surface area contributed by atoms with Gasteiger partial charge in [0.15, 0.2) is 0 Å². The van der Waals surface area contributed by atoms with Crippen LogP contribution in [0.5, 0.6) is 17.2 Å². The Morgan fingerprint density at radius 3 is 2.20 bits per heavy atom. The Morgan fingerprint density at radius 2 is 1.52 bits per heavy atom. The molecular formula is C43H51Br2N7O8. The number of nitrogens with zero attached hydrogens (tertiary/aromatic N) is 3. The number of ether oxygens (including phenoxy) is 3. The SMILES string of the molecule is COc1ccc(OC)c(CCNC(=O)N[C@@H](Cc2cc(Br)c(O)c(Br)c2)C(=O)N[C@@H](CCCCNC(=O)OCc2ccccc2)C(=O)N2CCN(c3ccncc3)CC2)c1. The highest BCUT2D eigenvalue weighted by Crippen LogP contribution is 2.34. The molecule has 1 aromatic heterocycles. The Hall–Kier alpha value is -5.55. The van der Waals surface area contributed by atoms with Crippen molar-refractivity contribution in [2.45, 2.75) is 50.8 Å². The number of rotatable bonds is 19. The van der Waals surface area contributed by atoms with Crippen molar-refractivity contribution < 1.29 is 38.5 Å². The molecule has 60 heavy (non-hydrogen) atoms. The fourth-order valence-electron chi connectivity index (χ4n) is 6.71. The molecular weight excluding hydrogens is 902 g/mol. The van der Waals surface area contributed by atoms with Crippen LogP contribution in [-0.2, 0) is 33.8 Å². The van der Waals surface area contributed by atoms with Crippen LogP contribution in [0.3, 0.4) is 0 Å². The van der Waals surface area contributed by atoms with Crippen molar-refractivity contribution in [1.29, 1.82) is 0 Å². The highest BCUT2D eigenvalue weighted by Gasteiger charge is 2.31. The zero-order valence-electron chi connectivity index (χ0n) is 33.6. The number of carbonyl (C=O) groups excluding carboxylic acids is 4. The van der Waals surface area contributed by atoms with Gasteiger partial charge in [-0.2, -0.15) is 0 Å². The number of aromatic hydroxyl groups is 1. The summed E-state index contributed by atoms with van der Waals surface area (Å²) in [6.07, 6.45) is 4.68. The molecule has 3 aromatic carbocycles. The minimum Gasteiger partial charge on any atom is -0.506 e. The number of methoxy groups -OCH3 is 2. The van der Waals surface area contributed by atoms with Gasteiger partial charge in [0.25, 0.3) is 0 Å². The van der Waals surface area contributed by atoms with E-state index in [4.69, 9.17) is 14.2 Å². The molecule has 0 aliphatic carbocycles. The molecule has 1 aliphatic heterocycles. The monoisotopic (exact) mass is 951 g/mol. The van der Waals surface area contributed by atoms with Crippen LogP contribution in [0, 0.1) is 0 Å². The van der Waals surface area contributed by atoms with Gasteiger partial charge in [0.1, 0.15) is 35.9 Å². The van der Waals surface area contributed by atoms with Crippen molar-refractivity contribution >= 4 is 61.5 Å². The number of nitrogens with one attached hydrogen (secondary N) is 4. The number of phenolic OH excluding ortho intramolecular Hbond substituents is 1. The molecule has 15 nitrogen and oxygen atoms in total. The van der Waals surface area contributed by atoms with Crippen LogP contribution >= 0.6 is 31.9 Å². The fourth-order valence-corrected chi connectivity index (χ4v) is 7.99. The number of pyridine rings is 1. The molecule has 2 atom stereocenters. The topological polar surface area (TPSA) is 184 Å². The van der Waals surface area contributed by atoms with Gasteiger partial charge in [-0.3, -0.25) is 14.6 Å². The molecule has 5 amide bonds. The fraction of sp³-hybridized carbons (Fsp3) is 0.372. The van der Waals surface area contributed by atoms with Crippen molar-refractivity contribution in [2.24, 2.45) is 0 Å². The van der Waals surface area contributed by atoms with Crippen LogP contribution in [-0.4, -0.2) is 105 Å². The number of aromatic nitrogens is 1. The molecule has 2 heterocycles. The van der Waals surface area contributed by atoms with Crippen molar-refractivity contribution in [3.05, 3.63) is 111 Å². The van der Waals surface area contributed by atoms with Crippen molar-refractivity contribution in [1.82, 2.24) is 31.2 Å². The first-order valence-corrected chi connectivity index (χ1v) is 21.2. The average molecular weight is 954 g/mol. The number of phenols is 1. The van der Waals surface area contributed by atoms with E-state index >= 15 is 0 Å². The van der Waals surface area contributed by atoms with Gasteiger partial charge in [0.2, 0.25) is 11.8 Å². The van der Waals surface area contributed by atoms with Gasteiger partial charge in [0.05, 0.1) is 23.2 Å². The molecule has 0 bridgehead atoms. The third-order valence-corrected chi connectivity index (χ3v) is 11.2. The van der Waals surface area contributed by atoms with Crippen LogP contribution in [0.1, 0.15) is 36.0 Å². The number of hydrogen-bond donors (Lipinski definition) is 5. The van der Waals surface area contributed by atoms with Crippen molar-refractivity contribution in [2.75, 3.05) is 58.4 Å². The van der Waals surface area contributed by atoms with Gasteiger partial charge < -0.3 is 50.4 Å². The summed E-state index contributed by atoms with van der Waals surface area (Å²) in [7, 11) is 3.14. The summed E-state index contributed by atoms with van der Waals surface area (Å²) in [5.41, 5.74) is 3.34. The lowest BCUT2D eigenvalue weighted by Crippen LogP contribution is -2.58. The number of amides is 5. The molecule has 1 saturated heterocycles. The molecule has 4 aromatic rings. The van der Waals surface area contributed by atoms with E-state index in [1.54, 1.807) is 55.8 Å². The summed E-state index contributed by atoms with van der Waals surface area (Å²) >= 11 is 6.71. The van der Waals surface area contributed by atoms with Gasteiger partial charge in [-0.1, -0.05) is 30.3 Å². The zero-order valence-corrected chi connectivity index (χ0v) is 36.8. The highest BCUT2D eigenvalue weighted by atomic mass is 79.9. The highest BCUT2D eigenvalue weighted by molar-refractivity contribution is 9.11. The van der Waals surface area contributed by atoms with Crippen LogP contribution in [0.15, 0.2) is 94.1 Å². The van der Waals surface area contributed by atoms with E-state index in [-0.39, 0.29) is 37.6 Å². The number of benzene rings is 3. The molecule has 17 heteroatoms. The number of anilines is 1. The number of hydrogen-bond acceptors (Lipinski definition) is 10. The summed E-state index contributed by atoms with van der Waals surface area (Å²) in [6.45, 7) is 2.76. The maximum absolute atomic E-state index is 14.3. The number of halogens is 2. The van der Waals surface area contributed by atoms with Crippen molar-refractivity contribution in [3.8, 4) is 17.2 Å². The summed E-state index contributed by atoms with van der Waals surface area (Å²) in [6, 6.07) is 19.3. The Balaban J connectivity index is 1.26. The predicted molar refractivity (Wildman–Crippen MR) is 234 cm³/mol. The lowest BCUT2D eigenvalue weighted by molar-refractivity contribution is -0.137. The quantitative estimate of drug-likeness (QED) is 0.0730. The normalized spacial score (nSPS) is 13.4. The molecule has 5 rings (SSSR count). The standard InChI is InChI=1S/C43H51Br2N7O8/c1-58-33-11-12-38(59-2)31(27-33)13-19-47-42(56)50-37(26-30-24-34(44)39(53)35(45)25-30)40(54)49-36(10-6-7-16-48-43(57)60-28-29-8-4-3-5-9-29)41(55)52-22-20-51(21-23-52)32-14-17-46-18-15-32/h3-5,8-9,11-12,14-15,17-18,24-25,27,36-37,53H,6-7,10,13,16,19-23,26,28H2,1-2H3,(H,48,57)(H,49,54)(H2,47,50,56)/t36-,37-/m0/s1. The predicted octanol–water partition coefficient (Wildman–Crippen LogP) is 5.71. The second-order valence-electron chi connectivity index (χ2n) is 14.1. The Morgan fingerprint density at radius 1 is 0.800 bits per heavy atom. The number of urea groups is 1. The van der Waals surface area contributed by atoms with Crippen LogP contribution in [0.4, 0.5) is 15.3 Å². The largest absolute Gasteiger partial charge is 0.506 e. The second-order valence-corrected chi connectivity index (χ2v) is 15.8. The first-order chi connectivity index (χ1) is 29.0. The maximum atomic E-state index is 14.3. The molecule has 0 spiro atoms. The van der Waals surface area contributed by atoms with Crippen LogP contribution < -0.4 is 35.6 Å². The van der Waals surface area contributed by atoms with E-state index in [2.05, 4.69) is 63.0 Å². The maximum Gasteiger partial charge on any atom is 0.407 e. The molecule has 1 aliphatic rings. The minimum atomic E-state index is -1.11. The Kier molecular flexibility index (Phi) is 17.7. The average Bonchev–Trinajstić information content (AvgIpc) is 3.27. The Labute approximate surface area is 366 Å². The first kappa shape index (κ1) is 45.5. The summed E-state index contributed by atoms with van der Waals surface area (Å²) in [5.74, 6) is 0.490. The van der Waals surface area contributed by atoms with Gasteiger partial charge in [0, 0.05) is 63.8 Å². The van der Waals surface area contributed by atoms with Gasteiger partial charge in [-0.05, 0) is 117 Å². The number of carbonyl (C=O) groups is 4. The van der Waals surface area contributed by atoms with Gasteiger partial charge >= 0.3 is 12.1 Å². The summed E-state index contributed by atoms with van der Waals surface area (Å²) in [5, 5.41) is 21.7. The number of piperazine rings is 1. The molecule has 0 radical (unpaired) electrons. The molecule has 320 valence electrons. The third kappa shape index (κ3) is 13.8. The van der Waals surface area contributed by atoms with E-state index in [0.29, 0.717) is 78.0 Å². The molecule has 0 unspecified atom stereocenters. The first-order valence-electron chi connectivity index (χ1n) is 19.7. The zero-order chi connectivity index (χ0) is 42.9. The van der Waals surface area contributed by atoms with E-state index in [9.17, 15) is 24.3 Å². The molecule has 0 saturated carbocycles.